The average molecular weight is 298 g/mol. The Balaban J connectivity index is 2.42. The summed E-state index contributed by atoms with van der Waals surface area (Å²) in [6, 6.07) is 0. The zero-order chi connectivity index (χ0) is 15.8. The van der Waals surface area contributed by atoms with Gasteiger partial charge in [-0.3, -0.25) is 9.59 Å². The molecular formula is C16H30N2O3. The van der Waals surface area contributed by atoms with Gasteiger partial charge in [-0.05, 0) is 18.8 Å². The summed E-state index contributed by atoms with van der Waals surface area (Å²) < 4.78 is 0. The number of nitrogens with one attached hydrogen (secondary N) is 1. The predicted molar refractivity (Wildman–Crippen MR) is 82.7 cm³/mol. The van der Waals surface area contributed by atoms with Gasteiger partial charge in [0, 0.05) is 26.1 Å². The highest BCUT2D eigenvalue weighted by molar-refractivity contribution is 5.81. The van der Waals surface area contributed by atoms with Crippen LogP contribution in [-0.4, -0.2) is 47.6 Å². The first-order valence-electron chi connectivity index (χ1n) is 8.26. The van der Waals surface area contributed by atoms with Crippen LogP contribution in [0.15, 0.2) is 0 Å². The lowest BCUT2D eigenvalue weighted by Crippen LogP contribution is -2.47. The summed E-state index contributed by atoms with van der Waals surface area (Å²) in [4.78, 5) is 25.7. The lowest BCUT2D eigenvalue weighted by molar-refractivity contribution is -0.135. The van der Waals surface area contributed by atoms with Gasteiger partial charge in [0.2, 0.25) is 11.8 Å². The largest absolute Gasteiger partial charge is 0.391 e. The minimum atomic E-state index is -0.485. The maximum Gasteiger partial charge on any atom is 0.224 e. The molecule has 0 radical (unpaired) electrons. The molecule has 0 aromatic carbocycles. The summed E-state index contributed by atoms with van der Waals surface area (Å²) in [5.74, 6) is 0.177. The Hall–Kier alpha value is -1.10. The van der Waals surface area contributed by atoms with Crippen molar-refractivity contribution in [3.8, 4) is 0 Å². The van der Waals surface area contributed by atoms with Gasteiger partial charge in [-0.15, -0.1) is 0 Å². The summed E-state index contributed by atoms with van der Waals surface area (Å²) in [7, 11) is 0. The summed E-state index contributed by atoms with van der Waals surface area (Å²) >= 11 is 0. The summed E-state index contributed by atoms with van der Waals surface area (Å²) in [6.45, 7) is 7.52. The van der Waals surface area contributed by atoms with Crippen LogP contribution in [0.5, 0.6) is 0 Å². The van der Waals surface area contributed by atoms with Gasteiger partial charge in [0.25, 0.3) is 0 Å². The van der Waals surface area contributed by atoms with E-state index in [0.717, 1.165) is 32.2 Å². The van der Waals surface area contributed by atoms with E-state index < -0.39 is 6.10 Å². The molecule has 21 heavy (non-hydrogen) atoms. The van der Waals surface area contributed by atoms with E-state index >= 15 is 0 Å². The molecule has 0 aliphatic carbocycles. The number of amides is 2. The third kappa shape index (κ3) is 5.30. The number of carbonyl (C=O) groups is 2. The predicted octanol–water partition coefficient (Wildman–Crippen LogP) is 1.55. The smallest absolute Gasteiger partial charge is 0.224 e. The topological polar surface area (TPSA) is 69.6 Å². The Morgan fingerprint density at radius 2 is 1.95 bits per heavy atom. The molecule has 1 rings (SSSR count). The highest BCUT2D eigenvalue weighted by Gasteiger charge is 2.28. The fraction of sp³-hybridized carbons (Fsp3) is 0.875. The van der Waals surface area contributed by atoms with Crippen LogP contribution >= 0.6 is 0 Å². The van der Waals surface area contributed by atoms with Gasteiger partial charge in [0.15, 0.2) is 0 Å². The van der Waals surface area contributed by atoms with Gasteiger partial charge in [0.05, 0.1) is 12.0 Å². The number of nitrogens with zero attached hydrogens (tertiary/aromatic N) is 1. The van der Waals surface area contributed by atoms with E-state index in [0.29, 0.717) is 19.5 Å². The van der Waals surface area contributed by atoms with Gasteiger partial charge in [-0.25, -0.2) is 0 Å². The maximum absolute atomic E-state index is 12.2. The first-order valence-corrected chi connectivity index (χ1v) is 8.26. The number of carbonyl (C=O) groups excluding carboxylic acids is 2. The van der Waals surface area contributed by atoms with E-state index in [-0.39, 0.29) is 23.7 Å². The molecule has 1 aliphatic heterocycles. The second-order valence-corrected chi connectivity index (χ2v) is 5.92. The molecule has 0 aromatic rings. The fourth-order valence-electron chi connectivity index (χ4n) is 2.99. The van der Waals surface area contributed by atoms with Crippen molar-refractivity contribution in [3.63, 3.8) is 0 Å². The third-order valence-corrected chi connectivity index (χ3v) is 4.53. The molecule has 0 spiro atoms. The first-order chi connectivity index (χ1) is 10.0. The van der Waals surface area contributed by atoms with E-state index in [1.54, 1.807) is 4.90 Å². The Labute approximate surface area is 128 Å². The standard InChI is InChI=1S/C16H30N2O3/c1-4-12(5-2)14(19)10-17-16(21)13-8-7-9-18(11-13)15(20)6-3/h12-14,19H,4-11H2,1-3H3,(H,17,21). The molecule has 122 valence electrons. The first kappa shape index (κ1) is 18.0. The van der Waals surface area contributed by atoms with Crippen LogP contribution in [0.3, 0.4) is 0 Å². The second-order valence-electron chi connectivity index (χ2n) is 5.92. The zero-order valence-electron chi connectivity index (χ0n) is 13.6. The van der Waals surface area contributed by atoms with Crippen molar-refractivity contribution in [1.29, 1.82) is 0 Å². The highest BCUT2D eigenvalue weighted by atomic mass is 16.3. The zero-order valence-corrected chi connectivity index (χ0v) is 13.6. The number of hydrogen-bond donors (Lipinski definition) is 2. The van der Waals surface area contributed by atoms with Crippen molar-refractivity contribution < 1.29 is 14.7 Å². The molecule has 5 heteroatoms. The van der Waals surface area contributed by atoms with Gasteiger partial charge < -0.3 is 15.3 Å². The maximum atomic E-state index is 12.2. The third-order valence-electron chi connectivity index (χ3n) is 4.53. The van der Waals surface area contributed by atoms with Crippen molar-refractivity contribution in [1.82, 2.24) is 10.2 Å². The van der Waals surface area contributed by atoms with Crippen molar-refractivity contribution in [2.75, 3.05) is 19.6 Å². The molecule has 1 aliphatic rings. The Morgan fingerprint density at radius 3 is 2.52 bits per heavy atom. The molecule has 0 saturated carbocycles. The van der Waals surface area contributed by atoms with Gasteiger partial charge in [-0.2, -0.15) is 0 Å². The van der Waals surface area contributed by atoms with E-state index in [2.05, 4.69) is 19.2 Å². The Bertz CT molecular complexity index is 342. The molecule has 1 saturated heterocycles. The lowest BCUT2D eigenvalue weighted by Gasteiger charge is -2.32. The minimum absolute atomic E-state index is 0.0337. The summed E-state index contributed by atoms with van der Waals surface area (Å²) in [6.07, 6.45) is 3.52. The molecule has 0 bridgehead atoms. The summed E-state index contributed by atoms with van der Waals surface area (Å²) in [5, 5.41) is 12.9. The minimum Gasteiger partial charge on any atom is -0.391 e. The molecule has 2 N–H and O–H groups in total. The van der Waals surface area contributed by atoms with E-state index in [1.165, 1.54) is 0 Å². The van der Waals surface area contributed by atoms with Crippen LogP contribution in [-0.2, 0) is 9.59 Å². The number of likely N-dealkylation sites (tertiary alicyclic amines) is 1. The van der Waals surface area contributed by atoms with E-state index in [4.69, 9.17) is 0 Å². The van der Waals surface area contributed by atoms with Crippen LogP contribution in [0.25, 0.3) is 0 Å². The number of aliphatic hydroxyl groups excluding tert-OH is 1. The van der Waals surface area contributed by atoms with Crippen LogP contribution in [0, 0.1) is 11.8 Å². The molecular weight excluding hydrogens is 268 g/mol. The average Bonchev–Trinajstić information content (AvgIpc) is 2.53. The molecule has 5 nitrogen and oxygen atoms in total. The van der Waals surface area contributed by atoms with Crippen molar-refractivity contribution in [2.45, 2.75) is 59.0 Å². The number of hydrogen-bond acceptors (Lipinski definition) is 3. The second kappa shape index (κ2) is 9.03. The van der Waals surface area contributed by atoms with Crippen molar-refractivity contribution in [3.05, 3.63) is 0 Å². The monoisotopic (exact) mass is 298 g/mol. The lowest BCUT2D eigenvalue weighted by atomic mass is 9.95. The van der Waals surface area contributed by atoms with Crippen LogP contribution < -0.4 is 5.32 Å². The highest BCUT2D eigenvalue weighted by Crippen LogP contribution is 2.18. The van der Waals surface area contributed by atoms with Crippen LogP contribution in [0.1, 0.15) is 52.9 Å². The summed E-state index contributed by atoms with van der Waals surface area (Å²) in [5.41, 5.74) is 0. The normalized spacial score (nSPS) is 20.4. The molecule has 2 amide bonds. The molecule has 1 fully saturated rings. The quantitative estimate of drug-likeness (QED) is 0.749. The van der Waals surface area contributed by atoms with Crippen molar-refractivity contribution >= 4 is 11.8 Å². The van der Waals surface area contributed by atoms with Crippen LogP contribution in [0.4, 0.5) is 0 Å². The molecule has 2 atom stereocenters. The van der Waals surface area contributed by atoms with Gasteiger partial charge >= 0.3 is 0 Å². The van der Waals surface area contributed by atoms with E-state index in [1.807, 2.05) is 6.92 Å². The number of aliphatic hydroxyl groups is 1. The van der Waals surface area contributed by atoms with Crippen molar-refractivity contribution in [2.24, 2.45) is 11.8 Å². The Morgan fingerprint density at radius 1 is 1.29 bits per heavy atom. The molecule has 0 aromatic heterocycles. The SMILES string of the molecule is CCC(=O)N1CCCC(C(=O)NCC(O)C(CC)CC)C1. The van der Waals surface area contributed by atoms with Crippen LogP contribution in [0.2, 0.25) is 0 Å². The van der Waals surface area contributed by atoms with Gasteiger partial charge in [0.1, 0.15) is 0 Å². The van der Waals surface area contributed by atoms with E-state index in [9.17, 15) is 14.7 Å². The van der Waals surface area contributed by atoms with Gasteiger partial charge in [-0.1, -0.05) is 33.6 Å². The molecule has 2 unspecified atom stereocenters. The fourth-order valence-corrected chi connectivity index (χ4v) is 2.99. The number of rotatable bonds is 7. The number of piperidine rings is 1. The molecule has 1 heterocycles. The Kier molecular flexibility index (Phi) is 7.72.